The first-order valence-electron chi connectivity index (χ1n) is 6.97. The van der Waals surface area contributed by atoms with Crippen molar-refractivity contribution in [2.24, 2.45) is 10.8 Å². The smallest absolute Gasteiger partial charge is 0.315 e. The third kappa shape index (κ3) is 5.28. The Labute approximate surface area is 112 Å². The van der Waals surface area contributed by atoms with Crippen LogP contribution in [0.25, 0.3) is 0 Å². The molecule has 1 aliphatic rings. The minimum atomic E-state index is -0.177. The lowest BCUT2D eigenvalue weighted by Gasteiger charge is -2.45. The molecule has 0 aromatic heterocycles. The van der Waals surface area contributed by atoms with Crippen molar-refractivity contribution < 1.29 is 4.79 Å². The minimum absolute atomic E-state index is 0.0407. The van der Waals surface area contributed by atoms with E-state index in [0.29, 0.717) is 10.8 Å². The molecule has 3 nitrogen and oxygen atoms in total. The zero-order valence-electron chi connectivity index (χ0n) is 13.1. The predicted molar refractivity (Wildman–Crippen MR) is 76.6 cm³/mol. The third-order valence-electron chi connectivity index (χ3n) is 3.38. The van der Waals surface area contributed by atoms with E-state index in [4.69, 9.17) is 0 Å². The molecule has 106 valence electrons. The molecule has 0 aromatic rings. The fraction of sp³-hybridized carbons (Fsp3) is 0.933. The van der Waals surface area contributed by atoms with Crippen LogP contribution in [0.4, 0.5) is 4.79 Å². The highest BCUT2D eigenvalue weighted by Gasteiger charge is 2.39. The Kier molecular flexibility index (Phi) is 4.04. The Morgan fingerprint density at radius 2 is 1.50 bits per heavy atom. The fourth-order valence-corrected chi connectivity index (χ4v) is 3.51. The standard InChI is InChI=1S/C15H30N2O/c1-13(2,3)17-12(18)16-11-8-14(4,5)10-15(6,7)9-11/h11H,8-10H2,1-7H3,(H2,16,17,18). The molecule has 18 heavy (non-hydrogen) atoms. The number of hydrogen-bond donors (Lipinski definition) is 2. The average Bonchev–Trinajstić information content (AvgIpc) is 1.90. The van der Waals surface area contributed by atoms with Gasteiger partial charge in [0, 0.05) is 11.6 Å². The van der Waals surface area contributed by atoms with E-state index in [1.807, 2.05) is 20.8 Å². The van der Waals surface area contributed by atoms with Crippen molar-refractivity contribution >= 4 is 6.03 Å². The zero-order valence-corrected chi connectivity index (χ0v) is 13.1. The topological polar surface area (TPSA) is 41.1 Å². The van der Waals surface area contributed by atoms with Crippen LogP contribution in [0.1, 0.15) is 67.7 Å². The van der Waals surface area contributed by atoms with Crippen LogP contribution in [0.2, 0.25) is 0 Å². The van der Waals surface area contributed by atoms with Crippen LogP contribution in [0.15, 0.2) is 0 Å². The maximum Gasteiger partial charge on any atom is 0.315 e. The summed E-state index contributed by atoms with van der Waals surface area (Å²) < 4.78 is 0. The molecule has 0 heterocycles. The molecule has 3 heteroatoms. The Morgan fingerprint density at radius 3 is 1.89 bits per heavy atom. The van der Waals surface area contributed by atoms with Gasteiger partial charge in [0.05, 0.1) is 0 Å². The van der Waals surface area contributed by atoms with Crippen molar-refractivity contribution in [1.29, 1.82) is 0 Å². The molecule has 0 aromatic carbocycles. The lowest BCUT2D eigenvalue weighted by Crippen LogP contribution is -2.52. The van der Waals surface area contributed by atoms with E-state index in [1.54, 1.807) is 0 Å². The molecule has 2 amide bonds. The summed E-state index contributed by atoms with van der Waals surface area (Å²) in [4.78, 5) is 11.9. The van der Waals surface area contributed by atoms with Crippen LogP contribution in [0.3, 0.4) is 0 Å². The molecular formula is C15H30N2O. The van der Waals surface area contributed by atoms with E-state index in [2.05, 4.69) is 38.3 Å². The van der Waals surface area contributed by atoms with Crippen molar-refractivity contribution in [3.63, 3.8) is 0 Å². The molecule has 0 atom stereocenters. The quantitative estimate of drug-likeness (QED) is 0.736. The van der Waals surface area contributed by atoms with E-state index < -0.39 is 0 Å². The van der Waals surface area contributed by atoms with E-state index in [9.17, 15) is 4.79 Å². The van der Waals surface area contributed by atoms with Crippen LogP contribution in [-0.2, 0) is 0 Å². The van der Waals surface area contributed by atoms with Gasteiger partial charge in [0.2, 0.25) is 0 Å². The molecular weight excluding hydrogens is 224 g/mol. The first-order valence-corrected chi connectivity index (χ1v) is 6.97. The van der Waals surface area contributed by atoms with Gasteiger partial charge in [-0.2, -0.15) is 0 Å². The van der Waals surface area contributed by atoms with Gasteiger partial charge in [-0.3, -0.25) is 0 Å². The van der Waals surface area contributed by atoms with Crippen LogP contribution in [-0.4, -0.2) is 17.6 Å². The van der Waals surface area contributed by atoms with Crippen molar-refractivity contribution in [3.05, 3.63) is 0 Å². The first kappa shape index (κ1) is 15.3. The molecule has 1 fully saturated rings. The molecule has 1 rings (SSSR count). The van der Waals surface area contributed by atoms with Gasteiger partial charge in [0.15, 0.2) is 0 Å². The van der Waals surface area contributed by atoms with Gasteiger partial charge in [-0.05, 0) is 50.9 Å². The Hall–Kier alpha value is -0.730. The average molecular weight is 254 g/mol. The van der Waals surface area contributed by atoms with Gasteiger partial charge in [-0.25, -0.2) is 4.79 Å². The summed E-state index contributed by atoms with van der Waals surface area (Å²) in [5.41, 5.74) is 0.437. The van der Waals surface area contributed by atoms with Gasteiger partial charge >= 0.3 is 6.03 Å². The summed E-state index contributed by atoms with van der Waals surface area (Å²) in [7, 11) is 0. The summed E-state index contributed by atoms with van der Waals surface area (Å²) >= 11 is 0. The number of carbonyl (C=O) groups is 1. The molecule has 1 aliphatic carbocycles. The number of nitrogens with one attached hydrogen (secondary N) is 2. The summed E-state index contributed by atoms with van der Waals surface area (Å²) in [6, 6.07) is 0.243. The number of rotatable bonds is 1. The normalized spacial score (nSPS) is 23.5. The van der Waals surface area contributed by atoms with Crippen molar-refractivity contribution in [3.8, 4) is 0 Å². The highest BCUT2D eigenvalue weighted by Crippen LogP contribution is 2.45. The zero-order chi connectivity index (χ0) is 14.2. The second-order valence-corrected chi connectivity index (χ2v) is 8.46. The summed E-state index contributed by atoms with van der Waals surface area (Å²) in [6.45, 7) is 15.2. The van der Waals surface area contributed by atoms with E-state index in [-0.39, 0.29) is 17.6 Å². The maximum absolute atomic E-state index is 11.9. The molecule has 0 bridgehead atoms. The minimum Gasteiger partial charge on any atom is -0.335 e. The maximum atomic E-state index is 11.9. The highest BCUT2D eigenvalue weighted by atomic mass is 16.2. The van der Waals surface area contributed by atoms with Crippen molar-refractivity contribution in [1.82, 2.24) is 10.6 Å². The monoisotopic (exact) mass is 254 g/mol. The first-order chi connectivity index (χ1) is 7.89. The largest absolute Gasteiger partial charge is 0.335 e. The fourth-order valence-electron chi connectivity index (χ4n) is 3.51. The van der Waals surface area contributed by atoms with Crippen LogP contribution >= 0.6 is 0 Å². The van der Waals surface area contributed by atoms with Crippen LogP contribution < -0.4 is 10.6 Å². The van der Waals surface area contributed by atoms with Gasteiger partial charge < -0.3 is 10.6 Å². The molecule has 1 saturated carbocycles. The van der Waals surface area contributed by atoms with Gasteiger partial charge in [-0.15, -0.1) is 0 Å². The lowest BCUT2D eigenvalue weighted by molar-refractivity contribution is 0.0878. The molecule has 0 radical (unpaired) electrons. The van der Waals surface area contributed by atoms with Crippen LogP contribution in [0, 0.1) is 10.8 Å². The molecule has 0 unspecified atom stereocenters. The third-order valence-corrected chi connectivity index (χ3v) is 3.38. The van der Waals surface area contributed by atoms with Gasteiger partial charge in [-0.1, -0.05) is 27.7 Å². The SMILES string of the molecule is CC1(C)CC(NC(=O)NC(C)(C)C)CC(C)(C)C1. The molecule has 0 aliphatic heterocycles. The number of amides is 2. The van der Waals surface area contributed by atoms with Crippen LogP contribution in [0.5, 0.6) is 0 Å². The van der Waals surface area contributed by atoms with Crippen molar-refractivity contribution in [2.75, 3.05) is 0 Å². The number of carbonyl (C=O) groups excluding carboxylic acids is 1. The predicted octanol–water partition coefficient (Wildman–Crippen LogP) is 3.69. The molecule has 0 saturated heterocycles. The van der Waals surface area contributed by atoms with Gasteiger partial charge in [0.25, 0.3) is 0 Å². The number of hydrogen-bond acceptors (Lipinski definition) is 1. The summed E-state index contributed by atoms with van der Waals surface area (Å²) in [6.07, 6.45) is 3.35. The second kappa shape index (κ2) is 4.75. The number of urea groups is 1. The molecule has 0 spiro atoms. The van der Waals surface area contributed by atoms with E-state index >= 15 is 0 Å². The summed E-state index contributed by atoms with van der Waals surface area (Å²) in [5, 5.41) is 6.11. The molecule has 2 N–H and O–H groups in total. The van der Waals surface area contributed by atoms with E-state index in [1.165, 1.54) is 6.42 Å². The second-order valence-electron chi connectivity index (χ2n) is 8.46. The van der Waals surface area contributed by atoms with E-state index in [0.717, 1.165) is 12.8 Å². The highest BCUT2D eigenvalue weighted by molar-refractivity contribution is 5.75. The Balaban J connectivity index is 2.59. The lowest BCUT2D eigenvalue weighted by atomic mass is 9.63. The van der Waals surface area contributed by atoms with Crippen molar-refractivity contribution in [2.45, 2.75) is 79.3 Å². The van der Waals surface area contributed by atoms with Gasteiger partial charge in [0.1, 0.15) is 0 Å². The Morgan fingerprint density at radius 1 is 1.06 bits per heavy atom. The summed E-state index contributed by atoms with van der Waals surface area (Å²) in [5.74, 6) is 0. The Bertz CT molecular complexity index is 297.